The standard InChI is InChI=1S/C36H41F2N3O5S/c1-4-6-20-44-21-22-45-31-13-7-27(8-14-31)28-9-17-34(46-36(37)38)29(24-28)10-18-35(42)40-30-11-15-32(16-12-30)47(43)23-19-33-26(3)39-25-41(33)5-2/h7-18,24-25,36H,4-6,19-23H2,1-3H3,(H,40,42)/b18-10+/t47-/m0/s1. The average molecular weight is 666 g/mol. The number of alkyl halides is 2. The van der Waals surface area contributed by atoms with Crippen LogP contribution in [0.2, 0.25) is 0 Å². The number of hydrogen-bond acceptors (Lipinski definition) is 6. The van der Waals surface area contributed by atoms with Gasteiger partial charge in [-0.3, -0.25) is 4.79 Å². The maximum atomic E-state index is 13.1. The molecule has 0 radical (unpaired) electrons. The van der Waals surface area contributed by atoms with Crippen LogP contribution in [0.4, 0.5) is 14.5 Å². The molecule has 11 heteroatoms. The predicted octanol–water partition coefficient (Wildman–Crippen LogP) is 7.68. The number of carbonyl (C=O) groups is 1. The minimum atomic E-state index is -3.02. The first-order chi connectivity index (χ1) is 22.8. The second kappa shape index (κ2) is 18.2. The molecule has 0 aliphatic rings. The number of unbranched alkanes of at least 4 members (excludes halogenated alkanes) is 1. The lowest BCUT2D eigenvalue weighted by Crippen LogP contribution is -2.13. The molecule has 4 aromatic rings. The first-order valence-corrected chi connectivity index (χ1v) is 17.0. The van der Waals surface area contributed by atoms with Gasteiger partial charge < -0.3 is 28.6 Å². The maximum Gasteiger partial charge on any atom is 0.387 e. The summed E-state index contributed by atoms with van der Waals surface area (Å²) in [6.07, 6.45) is 7.22. The molecule has 1 N–H and O–H groups in total. The number of halogens is 2. The van der Waals surface area contributed by atoms with Crippen molar-refractivity contribution in [1.82, 2.24) is 9.55 Å². The quantitative estimate of drug-likeness (QED) is 0.0666. The molecule has 4 rings (SSSR count). The number of nitrogens with one attached hydrogen (secondary N) is 1. The van der Waals surface area contributed by atoms with E-state index >= 15 is 0 Å². The summed E-state index contributed by atoms with van der Waals surface area (Å²) >= 11 is -1.22. The van der Waals surface area contributed by atoms with E-state index in [0.29, 0.717) is 53.9 Å². The van der Waals surface area contributed by atoms with Crippen LogP contribution in [0.15, 0.2) is 84.0 Å². The summed E-state index contributed by atoms with van der Waals surface area (Å²) in [7, 11) is 0. The Morgan fingerprint density at radius 3 is 2.47 bits per heavy atom. The number of aryl methyl sites for hydroxylation is 2. The minimum absolute atomic E-state index is 0.0557. The molecule has 0 aliphatic heterocycles. The van der Waals surface area contributed by atoms with Gasteiger partial charge in [-0.1, -0.05) is 31.5 Å². The lowest BCUT2D eigenvalue weighted by Gasteiger charge is -2.12. The molecule has 0 fully saturated rings. The van der Waals surface area contributed by atoms with Gasteiger partial charge in [-0.05, 0) is 97.2 Å². The second-order valence-electron chi connectivity index (χ2n) is 10.7. The molecule has 1 atom stereocenters. The molecule has 0 saturated carbocycles. The van der Waals surface area contributed by atoms with Gasteiger partial charge in [-0.2, -0.15) is 8.78 Å². The van der Waals surface area contributed by atoms with Crippen molar-refractivity contribution in [2.75, 3.05) is 30.9 Å². The van der Waals surface area contributed by atoms with Crippen molar-refractivity contribution in [2.45, 2.75) is 58.1 Å². The highest BCUT2D eigenvalue weighted by Crippen LogP contribution is 2.30. The summed E-state index contributed by atoms with van der Waals surface area (Å²) in [5.41, 5.74) is 4.42. The van der Waals surface area contributed by atoms with Crippen molar-refractivity contribution in [1.29, 1.82) is 0 Å². The van der Waals surface area contributed by atoms with E-state index in [4.69, 9.17) is 14.2 Å². The molecule has 0 saturated heterocycles. The van der Waals surface area contributed by atoms with Crippen molar-refractivity contribution < 1.29 is 32.3 Å². The van der Waals surface area contributed by atoms with E-state index < -0.39 is 23.7 Å². The highest BCUT2D eigenvalue weighted by molar-refractivity contribution is 7.91. The first kappa shape index (κ1) is 35.7. The van der Waals surface area contributed by atoms with Crippen LogP contribution in [0.3, 0.4) is 0 Å². The fourth-order valence-corrected chi connectivity index (χ4v) is 5.88. The largest absolute Gasteiger partial charge is 0.611 e. The summed E-state index contributed by atoms with van der Waals surface area (Å²) in [4.78, 5) is 17.7. The zero-order chi connectivity index (χ0) is 33.6. The summed E-state index contributed by atoms with van der Waals surface area (Å²) in [6, 6.07) is 19.0. The smallest absolute Gasteiger partial charge is 0.387 e. The number of amides is 1. The van der Waals surface area contributed by atoms with Gasteiger partial charge in [-0.15, -0.1) is 0 Å². The molecule has 47 heavy (non-hydrogen) atoms. The van der Waals surface area contributed by atoms with E-state index in [9.17, 15) is 18.1 Å². The summed E-state index contributed by atoms with van der Waals surface area (Å²) in [6.45, 7) is 5.55. The molecule has 1 aromatic heterocycles. The molecular weight excluding hydrogens is 624 g/mol. The third-order valence-electron chi connectivity index (χ3n) is 7.37. The topological polar surface area (TPSA) is 97.7 Å². The summed E-state index contributed by atoms with van der Waals surface area (Å²) in [5.74, 6) is 0.627. The number of anilines is 1. The Hall–Kier alpha value is -4.19. The Labute approximate surface area is 278 Å². The molecular formula is C36H41F2N3O5S. The number of imidazole rings is 1. The minimum Gasteiger partial charge on any atom is -0.611 e. The lowest BCUT2D eigenvalue weighted by molar-refractivity contribution is -0.111. The van der Waals surface area contributed by atoms with E-state index in [0.717, 1.165) is 41.9 Å². The molecule has 0 unspecified atom stereocenters. The van der Waals surface area contributed by atoms with Crippen LogP contribution in [-0.2, 0) is 33.7 Å². The first-order valence-electron chi connectivity index (χ1n) is 15.6. The zero-order valence-electron chi connectivity index (χ0n) is 26.9. The van der Waals surface area contributed by atoms with Crippen LogP contribution in [0.1, 0.15) is 43.6 Å². The number of benzene rings is 3. The Kier molecular flexibility index (Phi) is 13.8. The molecule has 8 nitrogen and oxygen atoms in total. The SMILES string of the molecule is CCCCOCCOc1ccc(-c2ccc(OC(F)F)c(/C=C/C(=O)Nc3ccc([S@@+]([O-])CCc4c(C)ncn4CC)cc3)c2)cc1. The normalized spacial score (nSPS) is 12.1. The monoisotopic (exact) mass is 665 g/mol. The van der Waals surface area contributed by atoms with E-state index in [2.05, 4.69) is 21.8 Å². The number of hydrogen-bond donors (Lipinski definition) is 1. The van der Waals surface area contributed by atoms with E-state index in [-0.39, 0.29) is 5.75 Å². The van der Waals surface area contributed by atoms with Crippen molar-refractivity contribution in [3.05, 3.63) is 96.1 Å². The van der Waals surface area contributed by atoms with Crippen molar-refractivity contribution in [3.8, 4) is 22.6 Å². The molecule has 0 spiro atoms. The molecule has 3 aromatic carbocycles. The number of ether oxygens (including phenoxy) is 3. The third kappa shape index (κ3) is 10.9. The van der Waals surface area contributed by atoms with Gasteiger partial charge >= 0.3 is 6.61 Å². The van der Waals surface area contributed by atoms with Crippen molar-refractivity contribution in [3.63, 3.8) is 0 Å². The fourth-order valence-electron chi connectivity index (χ4n) is 4.82. The highest BCUT2D eigenvalue weighted by Gasteiger charge is 2.15. The van der Waals surface area contributed by atoms with Gasteiger partial charge in [0.15, 0.2) is 4.90 Å². The maximum absolute atomic E-state index is 13.1. The molecule has 0 bridgehead atoms. The van der Waals surface area contributed by atoms with Crippen molar-refractivity contribution in [2.24, 2.45) is 0 Å². The molecule has 0 aliphatic carbocycles. The van der Waals surface area contributed by atoms with Crippen LogP contribution in [0.25, 0.3) is 17.2 Å². The van der Waals surface area contributed by atoms with E-state index in [1.165, 1.54) is 18.2 Å². The molecule has 1 heterocycles. The lowest BCUT2D eigenvalue weighted by atomic mass is 10.0. The van der Waals surface area contributed by atoms with E-state index in [1.807, 2.05) is 38.1 Å². The van der Waals surface area contributed by atoms with Gasteiger partial charge in [0.2, 0.25) is 5.91 Å². The van der Waals surface area contributed by atoms with Crippen LogP contribution in [-0.4, -0.2) is 52.2 Å². The fraction of sp³-hybridized carbons (Fsp3) is 0.333. The number of carbonyl (C=O) groups excluding carboxylic acids is 1. The molecule has 250 valence electrons. The number of nitrogens with zero attached hydrogens (tertiary/aromatic N) is 2. The van der Waals surface area contributed by atoms with Gasteiger partial charge in [0, 0.05) is 42.6 Å². The Morgan fingerprint density at radius 1 is 1.02 bits per heavy atom. The highest BCUT2D eigenvalue weighted by atomic mass is 32.2. The summed E-state index contributed by atoms with van der Waals surface area (Å²) in [5, 5.41) is 2.75. The van der Waals surface area contributed by atoms with Gasteiger partial charge in [0.1, 0.15) is 23.9 Å². The van der Waals surface area contributed by atoms with Crippen LogP contribution in [0, 0.1) is 6.92 Å². The predicted molar refractivity (Wildman–Crippen MR) is 181 cm³/mol. The third-order valence-corrected chi connectivity index (χ3v) is 8.74. The van der Waals surface area contributed by atoms with E-state index in [1.54, 1.807) is 42.7 Å². The van der Waals surface area contributed by atoms with Crippen molar-refractivity contribution >= 4 is 28.8 Å². The van der Waals surface area contributed by atoms with Gasteiger partial charge in [-0.25, -0.2) is 4.98 Å². The van der Waals surface area contributed by atoms with Crippen LogP contribution < -0.4 is 14.8 Å². The Bertz CT molecular complexity index is 1590. The molecule has 1 amide bonds. The van der Waals surface area contributed by atoms with Gasteiger partial charge in [0.25, 0.3) is 0 Å². The van der Waals surface area contributed by atoms with Crippen LogP contribution >= 0.6 is 0 Å². The average Bonchev–Trinajstić information content (AvgIpc) is 3.44. The summed E-state index contributed by atoms with van der Waals surface area (Å²) < 4.78 is 57.2. The number of aromatic nitrogens is 2. The zero-order valence-corrected chi connectivity index (χ0v) is 27.7. The Morgan fingerprint density at radius 2 is 1.77 bits per heavy atom. The number of rotatable bonds is 18. The second-order valence-corrected chi connectivity index (χ2v) is 12.2. The Balaban J connectivity index is 1.36. The van der Waals surface area contributed by atoms with Crippen LogP contribution in [0.5, 0.6) is 11.5 Å². The van der Waals surface area contributed by atoms with Gasteiger partial charge in [0.05, 0.1) is 18.6 Å².